The van der Waals surface area contributed by atoms with Gasteiger partial charge in [-0.05, 0) is 18.1 Å². The molecule has 3 nitrogen and oxygen atoms in total. The standard InChI is InChI=1S/C12H9F5N2O/c13-8-7(9(14)11(16)12(17)10(8)15)6(19-18)3-5-1-2-20-4-5/h1-2,4,6,19H,3,18H2. The lowest BCUT2D eigenvalue weighted by Crippen LogP contribution is -2.31. The molecule has 0 aliphatic heterocycles. The van der Waals surface area contributed by atoms with E-state index in [0.717, 1.165) is 0 Å². The van der Waals surface area contributed by atoms with E-state index in [0.29, 0.717) is 5.56 Å². The zero-order chi connectivity index (χ0) is 14.9. The fraction of sp³-hybridized carbons (Fsp3) is 0.167. The number of hydrazine groups is 1. The van der Waals surface area contributed by atoms with Crippen molar-refractivity contribution < 1.29 is 26.4 Å². The minimum Gasteiger partial charge on any atom is -0.472 e. The second-order valence-electron chi connectivity index (χ2n) is 4.04. The summed E-state index contributed by atoms with van der Waals surface area (Å²) in [7, 11) is 0. The SMILES string of the molecule is NNC(Cc1ccoc1)c1c(F)c(F)c(F)c(F)c1F. The van der Waals surface area contributed by atoms with Crippen LogP contribution < -0.4 is 11.3 Å². The number of benzene rings is 1. The summed E-state index contributed by atoms with van der Waals surface area (Å²) in [6.07, 6.45) is 2.48. The predicted molar refractivity (Wildman–Crippen MR) is 58.7 cm³/mol. The van der Waals surface area contributed by atoms with Gasteiger partial charge in [-0.2, -0.15) is 0 Å². The summed E-state index contributed by atoms with van der Waals surface area (Å²) < 4.78 is 71.2. The van der Waals surface area contributed by atoms with Gasteiger partial charge in [-0.15, -0.1) is 0 Å². The molecule has 1 unspecified atom stereocenters. The predicted octanol–water partition coefficient (Wildman–Crippen LogP) is 2.72. The van der Waals surface area contributed by atoms with Crippen LogP contribution in [0.1, 0.15) is 17.2 Å². The van der Waals surface area contributed by atoms with Gasteiger partial charge < -0.3 is 4.42 Å². The number of furan rings is 1. The molecule has 3 N–H and O–H groups in total. The maximum atomic E-state index is 13.6. The van der Waals surface area contributed by atoms with Gasteiger partial charge in [0.1, 0.15) is 0 Å². The van der Waals surface area contributed by atoms with Crippen molar-refractivity contribution in [2.24, 2.45) is 5.84 Å². The molecular weight excluding hydrogens is 283 g/mol. The lowest BCUT2D eigenvalue weighted by molar-refractivity contribution is 0.355. The Morgan fingerprint density at radius 3 is 2.00 bits per heavy atom. The third kappa shape index (κ3) is 2.39. The summed E-state index contributed by atoms with van der Waals surface area (Å²) in [5.74, 6) is -4.90. The molecule has 1 heterocycles. The second kappa shape index (κ2) is 5.59. The van der Waals surface area contributed by atoms with E-state index in [1.54, 1.807) is 0 Å². The Balaban J connectivity index is 2.49. The average molecular weight is 292 g/mol. The first-order valence-electron chi connectivity index (χ1n) is 5.45. The molecule has 0 aliphatic rings. The van der Waals surface area contributed by atoms with Crippen molar-refractivity contribution >= 4 is 0 Å². The summed E-state index contributed by atoms with van der Waals surface area (Å²) in [6.45, 7) is 0. The van der Waals surface area contributed by atoms with Gasteiger partial charge in [0.2, 0.25) is 5.82 Å². The van der Waals surface area contributed by atoms with E-state index in [4.69, 9.17) is 10.3 Å². The van der Waals surface area contributed by atoms with Crippen LogP contribution in [0.25, 0.3) is 0 Å². The first-order chi connectivity index (χ1) is 9.47. The molecule has 0 saturated carbocycles. The molecule has 0 saturated heterocycles. The average Bonchev–Trinajstić information content (AvgIpc) is 2.95. The van der Waals surface area contributed by atoms with Gasteiger partial charge in [-0.3, -0.25) is 11.3 Å². The van der Waals surface area contributed by atoms with Crippen LogP contribution in [0.5, 0.6) is 0 Å². The van der Waals surface area contributed by atoms with Gasteiger partial charge in [-0.1, -0.05) is 0 Å². The van der Waals surface area contributed by atoms with E-state index in [2.05, 4.69) is 0 Å². The first-order valence-corrected chi connectivity index (χ1v) is 5.45. The molecule has 0 radical (unpaired) electrons. The number of hydrogen-bond acceptors (Lipinski definition) is 3. The molecule has 108 valence electrons. The maximum absolute atomic E-state index is 13.6. The van der Waals surface area contributed by atoms with Crippen LogP contribution in [0, 0.1) is 29.1 Å². The van der Waals surface area contributed by atoms with Crippen molar-refractivity contribution in [3.63, 3.8) is 0 Å². The van der Waals surface area contributed by atoms with Gasteiger partial charge in [-0.25, -0.2) is 22.0 Å². The summed E-state index contributed by atoms with van der Waals surface area (Å²) in [5, 5.41) is 0. The molecule has 0 aliphatic carbocycles. The number of rotatable bonds is 4. The van der Waals surface area contributed by atoms with Crippen LogP contribution >= 0.6 is 0 Å². The van der Waals surface area contributed by atoms with E-state index in [9.17, 15) is 22.0 Å². The number of nitrogens with one attached hydrogen (secondary N) is 1. The highest BCUT2D eigenvalue weighted by molar-refractivity contribution is 5.28. The van der Waals surface area contributed by atoms with Crippen LogP contribution in [-0.4, -0.2) is 0 Å². The second-order valence-corrected chi connectivity index (χ2v) is 4.04. The summed E-state index contributed by atoms with van der Waals surface area (Å²) in [5.41, 5.74) is 1.51. The number of hydrogen-bond donors (Lipinski definition) is 2. The zero-order valence-electron chi connectivity index (χ0n) is 9.89. The zero-order valence-corrected chi connectivity index (χ0v) is 9.89. The van der Waals surface area contributed by atoms with Gasteiger partial charge in [0.05, 0.1) is 18.6 Å². The maximum Gasteiger partial charge on any atom is 0.200 e. The van der Waals surface area contributed by atoms with Crippen LogP contribution in [0.15, 0.2) is 23.0 Å². The van der Waals surface area contributed by atoms with E-state index < -0.39 is 40.7 Å². The Kier molecular flexibility index (Phi) is 4.05. The summed E-state index contributed by atoms with van der Waals surface area (Å²) in [6, 6.07) is 0.188. The molecule has 0 fully saturated rings. The van der Waals surface area contributed by atoms with Gasteiger partial charge in [0.25, 0.3) is 0 Å². The molecule has 8 heteroatoms. The number of nitrogens with two attached hydrogens (primary N) is 1. The molecule has 1 aromatic heterocycles. The summed E-state index contributed by atoms with van der Waals surface area (Å²) in [4.78, 5) is 0. The molecule has 2 aromatic rings. The Morgan fingerprint density at radius 2 is 1.55 bits per heavy atom. The normalized spacial score (nSPS) is 12.7. The van der Waals surface area contributed by atoms with E-state index >= 15 is 0 Å². The third-order valence-electron chi connectivity index (χ3n) is 2.81. The third-order valence-corrected chi connectivity index (χ3v) is 2.81. The van der Waals surface area contributed by atoms with Gasteiger partial charge in [0, 0.05) is 5.56 Å². The van der Waals surface area contributed by atoms with Crippen molar-refractivity contribution in [2.45, 2.75) is 12.5 Å². The van der Waals surface area contributed by atoms with Crippen molar-refractivity contribution in [1.29, 1.82) is 0 Å². The monoisotopic (exact) mass is 292 g/mol. The Hall–Kier alpha value is -1.93. The fourth-order valence-corrected chi connectivity index (χ4v) is 1.82. The molecule has 0 spiro atoms. The quantitative estimate of drug-likeness (QED) is 0.299. The minimum atomic E-state index is -2.21. The molecule has 1 atom stereocenters. The summed E-state index contributed by atoms with van der Waals surface area (Å²) >= 11 is 0. The van der Waals surface area contributed by atoms with Crippen molar-refractivity contribution in [3.05, 3.63) is 58.8 Å². The largest absolute Gasteiger partial charge is 0.472 e. The van der Waals surface area contributed by atoms with E-state index in [1.165, 1.54) is 18.6 Å². The highest BCUT2D eigenvalue weighted by Gasteiger charge is 2.30. The van der Waals surface area contributed by atoms with E-state index in [-0.39, 0.29) is 6.42 Å². The molecule has 0 amide bonds. The molecule has 20 heavy (non-hydrogen) atoms. The van der Waals surface area contributed by atoms with Crippen molar-refractivity contribution in [1.82, 2.24) is 5.43 Å². The highest BCUT2D eigenvalue weighted by Crippen LogP contribution is 2.29. The van der Waals surface area contributed by atoms with E-state index in [1.807, 2.05) is 5.43 Å². The minimum absolute atomic E-state index is 0.106. The molecule has 1 aromatic carbocycles. The first kappa shape index (κ1) is 14.5. The lowest BCUT2D eigenvalue weighted by Gasteiger charge is -2.18. The van der Waals surface area contributed by atoms with Crippen molar-refractivity contribution in [3.8, 4) is 0 Å². The Bertz CT molecular complexity index is 586. The Labute approximate surface area is 110 Å². The Morgan fingerprint density at radius 1 is 1.00 bits per heavy atom. The van der Waals surface area contributed by atoms with Crippen molar-refractivity contribution in [2.75, 3.05) is 0 Å². The molecule has 0 bridgehead atoms. The van der Waals surface area contributed by atoms with Gasteiger partial charge in [0.15, 0.2) is 23.3 Å². The van der Waals surface area contributed by atoms with Crippen LogP contribution in [-0.2, 0) is 6.42 Å². The number of halogens is 5. The lowest BCUT2D eigenvalue weighted by atomic mass is 9.99. The molecule has 2 rings (SSSR count). The van der Waals surface area contributed by atoms with Crippen LogP contribution in [0.3, 0.4) is 0 Å². The highest BCUT2D eigenvalue weighted by atomic mass is 19.2. The fourth-order valence-electron chi connectivity index (χ4n) is 1.82. The molecular formula is C12H9F5N2O. The topological polar surface area (TPSA) is 51.2 Å². The van der Waals surface area contributed by atoms with Crippen LogP contribution in [0.4, 0.5) is 22.0 Å². The smallest absolute Gasteiger partial charge is 0.200 e. The van der Waals surface area contributed by atoms with Crippen LogP contribution in [0.2, 0.25) is 0 Å². The van der Waals surface area contributed by atoms with Gasteiger partial charge >= 0.3 is 0 Å².